The topological polar surface area (TPSA) is 111 Å². The Morgan fingerprint density at radius 2 is 1.18 bits per heavy atom. The van der Waals surface area contributed by atoms with Crippen LogP contribution in [-0.4, -0.2) is 37.0 Å². The molecule has 0 saturated carbocycles. The van der Waals surface area contributed by atoms with Crippen LogP contribution in [0.1, 0.15) is 89.0 Å². The van der Waals surface area contributed by atoms with E-state index in [0.717, 1.165) is 59.4 Å². The number of hydrogen-bond acceptors (Lipinski definition) is 8. The van der Waals surface area contributed by atoms with Gasteiger partial charge in [-0.1, -0.05) is 6.07 Å². The van der Waals surface area contributed by atoms with E-state index in [1.54, 1.807) is 32.0 Å². The number of ether oxygens (including phenoxy) is 2. The Labute approximate surface area is 228 Å². The molecule has 10 heteroatoms. The van der Waals surface area contributed by atoms with Gasteiger partial charge in [-0.3, -0.25) is 9.59 Å². The second kappa shape index (κ2) is 11.1. The minimum absolute atomic E-state index is 0.249. The summed E-state index contributed by atoms with van der Waals surface area (Å²) in [5, 5.41) is 6.67. The minimum Gasteiger partial charge on any atom is -0.462 e. The van der Waals surface area contributed by atoms with Gasteiger partial charge in [0.1, 0.15) is 10.0 Å². The number of benzene rings is 1. The van der Waals surface area contributed by atoms with Crippen molar-refractivity contribution in [3.63, 3.8) is 0 Å². The fourth-order valence-electron chi connectivity index (χ4n) is 4.98. The summed E-state index contributed by atoms with van der Waals surface area (Å²) in [4.78, 5) is 53.8. The van der Waals surface area contributed by atoms with Crippen LogP contribution in [0.4, 0.5) is 10.0 Å². The second-order valence-corrected chi connectivity index (χ2v) is 11.3. The Bertz CT molecular complexity index is 1330. The molecule has 0 saturated heterocycles. The minimum atomic E-state index is -0.435. The van der Waals surface area contributed by atoms with Crippen molar-refractivity contribution in [2.24, 2.45) is 0 Å². The molecule has 0 fully saturated rings. The van der Waals surface area contributed by atoms with E-state index >= 15 is 0 Å². The molecule has 2 aliphatic carbocycles. The van der Waals surface area contributed by atoms with Gasteiger partial charge in [-0.25, -0.2) is 9.59 Å². The zero-order chi connectivity index (χ0) is 26.8. The third-order valence-corrected chi connectivity index (χ3v) is 9.06. The van der Waals surface area contributed by atoms with Crippen LogP contribution in [0.2, 0.25) is 0 Å². The molecule has 0 spiro atoms. The summed E-state index contributed by atoms with van der Waals surface area (Å²) in [5.74, 6) is -1.72. The molecule has 38 heavy (non-hydrogen) atoms. The first-order chi connectivity index (χ1) is 18.4. The number of carbonyl (C=O) groups is 4. The quantitative estimate of drug-likeness (QED) is 0.350. The van der Waals surface area contributed by atoms with Gasteiger partial charge < -0.3 is 20.1 Å². The molecule has 2 heterocycles. The summed E-state index contributed by atoms with van der Waals surface area (Å²) in [6.45, 7) is 4.00. The molecule has 2 amide bonds. The molecule has 2 aliphatic rings. The normalized spacial score (nSPS) is 13.5. The van der Waals surface area contributed by atoms with Crippen LogP contribution in [0.25, 0.3) is 0 Å². The molecule has 2 aromatic heterocycles. The van der Waals surface area contributed by atoms with Crippen LogP contribution in [0.3, 0.4) is 0 Å². The highest BCUT2D eigenvalue weighted by Gasteiger charge is 2.30. The average Bonchev–Trinajstić information content (AvgIpc) is 3.65. The number of thiophene rings is 2. The van der Waals surface area contributed by atoms with E-state index < -0.39 is 23.8 Å². The summed E-state index contributed by atoms with van der Waals surface area (Å²) in [7, 11) is 0. The summed E-state index contributed by atoms with van der Waals surface area (Å²) in [6, 6.07) is 6.36. The maximum Gasteiger partial charge on any atom is 0.341 e. The van der Waals surface area contributed by atoms with Gasteiger partial charge in [0.15, 0.2) is 0 Å². The number of anilines is 2. The van der Waals surface area contributed by atoms with E-state index in [4.69, 9.17) is 9.47 Å². The van der Waals surface area contributed by atoms with E-state index in [1.165, 1.54) is 28.7 Å². The van der Waals surface area contributed by atoms with Crippen molar-refractivity contribution >= 4 is 56.4 Å². The molecular formula is C28H28N2O6S2. The van der Waals surface area contributed by atoms with Crippen LogP contribution < -0.4 is 10.6 Å². The summed E-state index contributed by atoms with van der Waals surface area (Å²) in [6.07, 6.45) is 5.26. The molecule has 0 unspecified atom stereocenters. The van der Waals surface area contributed by atoms with Crippen molar-refractivity contribution in [2.75, 3.05) is 23.8 Å². The molecule has 8 nitrogen and oxygen atoms in total. The van der Waals surface area contributed by atoms with Gasteiger partial charge in [0.05, 0.1) is 24.3 Å². The Balaban J connectivity index is 1.36. The Hall–Kier alpha value is -3.50. The Kier molecular flexibility index (Phi) is 7.62. The zero-order valence-electron chi connectivity index (χ0n) is 21.2. The lowest BCUT2D eigenvalue weighted by Gasteiger charge is -2.10. The molecule has 198 valence electrons. The highest BCUT2D eigenvalue weighted by molar-refractivity contribution is 7.17. The van der Waals surface area contributed by atoms with Gasteiger partial charge in [0.25, 0.3) is 11.8 Å². The van der Waals surface area contributed by atoms with E-state index in [0.29, 0.717) is 21.1 Å². The largest absolute Gasteiger partial charge is 0.462 e. The SMILES string of the molecule is CCOC(=O)c1c(NC(=O)c2cccc(C(=O)Nc3sc4c(c3C(=O)OCC)CCC4)c2)sc2c1CCC2. The summed E-state index contributed by atoms with van der Waals surface area (Å²) in [5.41, 5.74) is 3.34. The van der Waals surface area contributed by atoms with Crippen molar-refractivity contribution in [3.05, 3.63) is 67.4 Å². The molecule has 2 N–H and O–H groups in total. The molecule has 0 aliphatic heterocycles. The third kappa shape index (κ3) is 4.98. The van der Waals surface area contributed by atoms with Crippen molar-refractivity contribution in [1.29, 1.82) is 0 Å². The maximum atomic E-state index is 13.2. The van der Waals surface area contributed by atoms with E-state index in [-0.39, 0.29) is 24.3 Å². The van der Waals surface area contributed by atoms with E-state index in [9.17, 15) is 19.2 Å². The number of fused-ring (bicyclic) bond motifs is 2. The van der Waals surface area contributed by atoms with E-state index in [1.807, 2.05) is 0 Å². The monoisotopic (exact) mass is 552 g/mol. The van der Waals surface area contributed by atoms with Crippen molar-refractivity contribution in [3.8, 4) is 0 Å². The predicted molar refractivity (Wildman–Crippen MR) is 147 cm³/mol. The Morgan fingerprint density at radius 1 is 0.737 bits per heavy atom. The van der Waals surface area contributed by atoms with Crippen LogP contribution >= 0.6 is 22.7 Å². The molecule has 3 aromatic rings. The van der Waals surface area contributed by atoms with Gasteiger partial charge in [0, 0.05) is 20.9 Å². The van der Waals surface area contributed by atoms with Crippen LogP contribution in [0, 0.1) is 0 Å². The van der Waals surface area contributed by atoms with Gasteiger partial charge in [-0.15, -0.1) is 22.7 Å². The lowest BCUT2D eigenvalue weighted by Crippen LogP contribution is -2.18. The molecule has 1 aromatic carbocycles. The number of amides is 2. The molecule has 0 atom stereocenters. The maximum absolute atomic E-state index is 13.2. The molecular weight excluding hydrogens is 524 g/mol. The molecule has 0 radical (unpaired) electrons. The fraction of sp³-hybridized carbons (Fsp3) is 0.357. The van der Waals surface area contributed by atoms with Gasteiger partial charge in [-0.05, 0) is 81.7 Å². The smallest absolute Gasteiger partial charge is 0.341 e. The standard InChI is InChI=1S/C28H28N2O6S2/c1-3-35-27(33)21-17-10-6-12-19(17)37-25(21)29-23(31)15-8-5-9-16(14-15)24(32)30-26-22(28(34)36-4-2)18-11-7-13-20(18)38-26/h5,8-9,14H,3-4,6-7,10-13H2,1-2H3,(H,29,31)(H,30,32). The molecule has 5 rings (SSSR count). The number of esters is 2. The van der Waals surface area contributed by atoms with Crippen LogP contribution in [0.15, 0.2) is 24.3 Å². The van der Waals surface area contributed by atoms with Crippen molar-refractivity contribution in [2.45, 2.75) is 52.4 Å². The Morgan fingerprint density at radius 3 is 1.61 bits per heavy atom. The van der Waals surface area contributed by atoms with Crippen LogP contribution in [-0.2, 0) is 35.2 Å². The zero-order valence-corrected chi connectivity index (χ0v) is 22.9. The highest BCUT2D eigenvalue weighted by atomic mass is 32.1. The van der Waals surface area contributed by atoms with Crippen molar-refractivity contribution in [1.82, 2.24) is 0 Å². The van der Waals surface area contributed by atoms with Gasteiger partial charge >= 0.3 is 11.9 Å². The third-order valence-electron chi connectivity index (χ3n) is 6.64. The first-order valence-corrected chi connectivity index (χ1v) is 14.4. The molecule has 0 bridgehead atoms. The average molecular weight is 553 g/mol. The number of hydrogen-bond donors (Lipinski definition) is 2. The summed E-state index contributed by atoms with van der Waals surface area (Å²) < 4.78 is 10.5. The number of aryl methyl sites for hydroxylation is 2. The first-order valence-electron chi connectivity index (χ1n) is 12.8. The van der Waals surface area contributed by atoms with Crippen LogP contribution in [0.5, 0.6) is 0 Å². The first kappa shape index (κ1) is 26.1. The fourth-order valence-corrected chi connectivity index (χ4v) is 7.52. The van der Waals surface area contributed by atoms with Gasteiger partial charge in [-0.2, -0.15) is 0 Å². The number of nitrogens with one attached hydrogen (secondary N) is 2. The summed E-state index contributed by atoms with van der Waals surface area (Å²) >= 11 is 2.81. The number of rotatable bonds is 8. The highest BCUT2D eigenvalue weighted by Crippen LogP contribution is 2.41. The second-order valence-electron chi connectivity index (χ2n) is 9.05. The lowest BCUT2D eigenvalue weighted by atomic mass is 10.1. The van der Waals surface area contributed by atoms with Crippen molar-refractivity contribution < 1.29 is 28.7 Å². The van der Waals surface area contributed by atoms with E-state index in [2.05, 4.69) is 10.6 Å². The number of carbonyl (C=O) groups excluding carboxylic acids is 4. The lowest BCUT2D eigenvalue weighted by molar-refractivity contribution is 0.0517. The predicted octanol–water partition coefficient (Wildman–Crippen LogP) is 5.65. The van der Waals surface area contributed by atoms with Gasteiger partial charge in [0.2, 0.25) is 0 Å².